The first kappa shape index (κ1) is 13.4. The Bertz CT molecular complexity index is 606. The lowest BCUT2D eigenvalue weighted by molar-refractivity contribution is -0.137. The van der Waals surface area contributed by atoms with Gasteiger partial charge >= 0.3 is 6.18 Å². The van der Waals surface area contributed by atoms with Gasteiger partial charge in [-0.05, 0) is 29.8 Å². The number of hydrogen-bond acceptors (Lipinski definition) is 4. The van der Waals surface area contributed by atoms with E-state index in [4.69, 9.17) is 0 Å². The van der Waals surface area contributed by atoms with Crippen LogP contribution in [0.4, 0.5) is 13.2 Å². The van der Waals surface area contributed by atoms with Crippen LogP contribution >= 0.6 is 11.5 Å². The van der Waals surface area contributed by atoms with E-state index < -0.39 is 17.5 Å². The zero-order chi connectivity index (χ0) is 13.9. The summed E-state index contributed by atoms with van der Waals surface area (Å²) in [6, 6.07) is 4.66. The Morgan fingerprint density at radius 1 is 1.26 bits per heavy atom. The summed E-state index contributed by atoms with van der Waals surface area (Å²) in [7, 11) is 0. The monoisotopic (exact) mass is 284 g/mol. The SMILES string of the molecule is O=C(/C=C/c1csnn1)c1ccccc1C(F)(F)F. The summed E-state index contributed by atoms with van der Waals surface area (Å²) in [5.74, 6) is -0.721. The van der Waals surface area contributed by atoms with Crippen molar-refractivity contribution < 1.29 is 18.0 Å². The smallest absolute Gasteiger partial charge is 0.289 e. The predicted octanol–water partition coefficient (Wildman–Crippen LogP) is 3.45. The van der Waals surface area contributed by atoms with E-state index in [1.165, 1.54) is 18.2 Å². The van der Waals surface area contributed by atoms with Crippen molar-refractivity contribution >= 4 is 23.4 Å². The number of benzene rings is 1. The number of rotatable bonds is 3. The molecule has 0 atom stereocenters. The van der Waals surface area contributed by atoms with Gasteiger partial charge in [0.15, 0.2) is 5.78 Å². The van der Waals surface area contributed by atoms with Crippen LogP contribution in [-0.4, -0.2) is 15.4 Å². The second kappa shape index (κ2) is 5.31. The average molecular weight is 284 g/mol. The maximum absolute atomic E-state index is 12.7. The summed E-state index contributed by atoms with van der Waals surface area (Å²) >= 11 is 1.09. The predicted molar refractivity (Wildman–Crippen MR) is 64.7 cm³/mol. The third kappa shape index (κ3) is 3.25. The molecule has 7 heteroatoms. The molecule has 0 fully saturated rings. The summed E-state index contributed by atoms with van der Waals surface area (Å²) in [6.07, 6.45) is -2.16. The second-order valence-electron chi connectivity index (χ2n) is 3.57. The van der Waals surface area contributed by atoms with Crippen LogP contribution in [0.3, 0.4) is 0 Å². The van der Waals surface area contributed by atoms with Crippen molar-refractivity contribution in [1.82, 2.24) is 9.59 Å². The number of carbonyl (C=O) groups excluding carboxylic acids is 1. The quantitative estimate of drug-likeness (QED) is 0.640. The maximum Gasteiger partial charge on any atom is 0.417 e. The molecule has 0 saturated heterocycles. The van der Waals surface area contributed by atoms with E-state index >= 15 is 0 Å². The zero-order valence-electron chi connectivity index (χ0n) is 9.39. The maximum atomic E-state index is 12.7. The van der Waals surface area contributed by atoms with Gasteiger partial charge in [-0.15, -0.1) is 5.10 Å². The Labute approximate surface area is 110 Å². The number of allylic oxidation sites excluding steroid dienone is 1. The molecule has 1 heterocycles. The number of ketones is 1. The van der Waals surface area contributed by atoms with E-state index in [1.807, 2.05) is 0 Å². The molecule has 3 nitrogen and oxygen atoms in total. The number of hydrogen-bond donors (Lipinski definition) is 0. The molecule has 0 aliphatic heterocycles. The van der Waals surface area contributed by atoms with Gasteiger partial charge in [-0.2, -0.15) is 13.2 Å². The Hall–Kier alpha value is -2.02. The van der Waals surface area contributed by atoms with Gasteiger partial charge in [0.05, 0.1) is 11.3 Å². The standard InChI is InChI=1S/C12H7F3N2OS/c13-12(14,15)10-4-2-1-3-9(10)11(18)6-5-8-7-19-17-16-8/h1-7H/b6-5+. The number of carbonyl (C=O) groups is 1. The van der Waals surface area contributed by atoms with E-state index in [0.717, 1.165) is 29.7 Å². The van der Waals surface area contributed by atoms with Crippen molar-refractivity contribution in [3.63, 3.8) is 0 Å². The van der Waals surface area contributed by atoms with Crippen molar-refractivity contribution in [2.24, 2.45) is 0 Å². The van der Waals surface area contributed by atoms with Gasteiger partial charge in [0.1, 0.15) is 0 Å². The van der Waals surface area contributed by atoms with Crippen molar-refractivity contribution in [1.29, 1.82) is 0 Å². The highest BCUT2D eigenvalue weighted by Gasteiger charge is 2.34. The van der Waals surface area contributed by atoms with Crippen LogP contribution in [0.1, 0.15) is 21.6 Å². The Morgan fingerprint density at radius 3 is 2.63 bits per heavy atom. The normalized spacial score (nSPS) is 11.9. The van der Waals surface area contributed by atoms with Crippen molar-refractivity contribution in [2.75, 3.05) is 0 Å². The molecule has 98 valence electrons. The third-order valence-corrected chi connectivity index (χ3v) is 2.80. The third-order valence-electron chi connectivity index (χ3n) is 2.28. The Morgan fingerprint density at radius 2 is 2.00 bits per heavy atom. The lowest BCUT2D eigenvalue weighted by Crippen LogP contribution is -2.11. The van der Waals surface area contributed by atoms with Gasteiger partial charge in [-0.1, -0.05) is 22.7 Å². The lowest BCUT2D eigenvalue weighted by atomic mass is 10.0. The minimum atomic E-state index is -4.55. The fourth-order valence-corrected chi connectivity index (χ4v) is 1.86. The number of halogens is 3. The first-order chi connectivity index (χ1) is 8.98. The van der Waals surface area contributed by atoms with Gasteiger partial charge in [-0.25, -0.2) is 0 Å². The molecule has 1 aromatic carbocycles. The molecule has 0 bridgehead atoms. The van der Waals surface area contributed by atoms with Gasteiger partial charge in [0, 0.05) is 10.9 Å². The van der Waals surface area contributed by atoms with Crippen LogP contribution in [-0.2, 0) is 6.18 Å². The van der Waals surface area contributed by atoms with Crippen LogP contribution in [0, 0.1) is 0 Å². The van der Waals surface area contributed by atoms with E-state index in [2.05, 4.69) is 9.59 Å². The first-order valence-corrected chi connectivity index (χ1v) is 5.98. The van der Waals surface area contributed by atoms with Crippen LogP contribution in [0.15, 0.2) is 35.7 Å². The van der Waals surface area contributed by atoms with Gasteiger partial charge in [0.2, 0.25) is 0 Å². The fraction of sp³-hybridized carbons (Fsp3) is 0.0833. The van der Waals surface area contributed by atoms with Gasteiger partial charge in [-0.3, -0.25) is 4.79 Å². The van der Waals surface area contributed by atoms with E-state index in [1.54, 1.807) is 5.38 Å². The molecule has 0 saturated carbocycles. The minimum Gasteiger partial charge on any atom is -0.289 e. The summed E-state index contributed by atoms with van der Waals surface area (Å²) in [4.78, 5) is 11.8. The molecule has 0 aliphatic carbocycles. The van der Waals surface area contributed by atoms with Crippen LogP contribution in [0.5, 0.6) is 0 Å². The average Bonchev–Trinajstić information content (AvgIpc) is 2.88. The number of alkyl halides is 3. The van der Waals surface area contributed by atoms with Crippen molar-refractivity contribution in [2.45, 2.75) is 6.18 Å². The lowest BCUT2D eigenvalue weighted by Gasteiger charge is -2.10. The van der Waals surface area contributed by atoms with E-state index in [-0.39, 0.29) is 5.56 Å². The molecule has 0 spiro atoms. The van der Waals surface area contributed by atoms with E-state index in [9.17, 15) is 18.0 Å². The summed E-state index contributed by atoms with van der Waals surface area (Å²) in [5.41, 5.74) is -0.890. The number of nitrogens with zero attached hydrogens (tertiary/aromatic N) is 2. The molecule has 0 radical (unpaired) electrons. The molecular formula is C12H7F3N2OS. The van der Waals surface area contributed by atoms with Gasteiger partial charge < -0.3 is 0 Å². The first-order valence-electron chi connectivity index (χ1n) is 5.14. The van der Waals surface area contributed by atoms with Crippen LogP contribution < -0.4 is 0 Å². The van der Waals surface area contributed by atoms with Crippen molar-refractivity contribution in [3.8, 4) is 0 Å². The molecule has 0 aliphatic rings. The zero-order valence-corrected chi connectivity index (χ0v) is 10.2. The highest BCUT2D eigenvalue weighted by Crippen LogP contribution is 2.32. The highest BCUT2D eigenvalue weighted by atomic mass is 32.1. The Kier molecular flexibility index (Phi) is 3.75. The highest BCUT2D eigenvalue weighted by molar-refractivity contribution is 7.03. The second-order valence-corrected chi connectivity index (χ2v) is 4.18. The summed E-state index contributed by atoms with van der Waals surface area (Å²) < 4.78 is 41.8. The molecule has 2 rings (SSSR count). The summed E-state index contributed by atoms with van der Waals surface area (Å²) in [5, 5.41) is 5.24. The largest absolute Gasteiger partial charge is 0.417 e. The molecule has 19 heavy (non-hydrogen) atoms. The van der Waals surface area contributed by atoms with Crippen LogP contribution in [0.25, 0.3) is 6.08 Å². The molecule has 0 unspecified atom stereocenters. The minimum absolute atomic E-state index is 0.380. The topological polar surface area (TPSA) is 42.9 Å². The van der Waals surface area contributed by atoms with Crippen LogP contribution in [0.2, 0.25) is 0 Å². The molecule has 0 amide bonds. The summed E-state index contributed by atoms with van der Waals surface area (Å²) in [6.45, 7) is 0. The fourth-order valence-electron chi connectivity index (χ4n) is 1.44. The molecular weight excluding hydrogens is 277 g/mol. The number of aromatic nitrogens is 2. The van der Waals surface area contributed by atoms with E-state index in [0.29, 0.717) is 5.69 Å². The molecule has 0 N–H and O–H groups in total. The van der Waals surface area contributed by atoms with Crippen molar-refractivity contribution in [3.05, 3.63) is 52.5 Å². The molecule has 1 aromatic heterocycles. The molecule has 2 aromatic rings. The Balaban J connectivity index is 2.30. The van der Waals surface area contributed by atoms with Gasteiger partial charge in [0.25, 0.3) is 0 Å².